The van der Waals surface area contributed by atoms with Crippen molar-refractivity contribution in [1.82, 2.24) is 8.75 Å². The molecule has 1 aromatic heterocycles. The third kappa shape index (κ3) is 2.49. The van der Waals surface area contributed by atoms with Crippen LogP contribution in [-0.4, -0.2) is 14.5 Å². The van der Waals surface area contributed by atoms with Crippen molar-refractivity contribution in [3.05, 3.63) is 46.2 Å². The first-order chi connectivity index (χ1) is 7.27. The van der Waals surface area contributed by atoms with Crippen molar-refractivity contribution in [1.29, 1.82) is 0 Å². The molecule has 0 atom stereocenters. The zero-order valence-electron chi connectivity index (χ0n) is 7.68. The lowest BCUT2D eigenvalue weighted by atomic mass is 10.1. The molecule has 0 saturated carbocycles. The standard InChI is InChI=1S/C10H7BrN2OS/c11-8-4-2-1-3-7(8)5-10(14)9-6-12-15-13-9/h1-4,6H,5H2. The summed E-state index contributed by atoms with van der Waals surface area (Å²) in [5, 5.41) is 0. The highest BCUT2D eigenvalue weighted by atomic mass is 79.9. The normalized spacial score (nSPS) is 10.2. The van der Waals surface area contributed by atoms with E-state index in [2.05, 4.69) is 24.7 Å². The van der Waals surface area contributed by atoms with Gasteiger partial charge in [0.2, 0.25) is 0 Å². The van der Waals surface area contributed by atoms with E-state index in [0.29, 0.717) is 12.1 Å². The van der Waals surface area contributed by atoms with E-state index in [4.69, 9.17) is 0 Å². The lowest BCUT2D eigenvalue weighted by molar-refractivity contribution is 0.0989. The Balaban J connectivity index is 2.17. The largest absolute Gasteiger partial charge is 0.292 e. The first-order valence-electron chi connectivity index (χ1n) is 4.31. The summed E-state index contributed by atoms with van der Waals surface area (Å²) in [4.78, 5) is 11.7. The molecule has 0 aliphatic carbocycles. The van der Waals surface area contributed by atoms with Crippen LogP contribution in [0.4, 0.5) is 0 Å². The number of halogens is 1. The second-order valence-electron chi connectivity index (χ2n) is 2.98. The second-order valence-corrected chi connectivity index (χ2v) is 4.40. The van der Waals surface area contributed by atoms with Gasteiger partial charge in [-0.25, -0.2) is 0 Å². The summed E-state index contributed by atoms with van der Waals surface area (Å²) in [6, 6.07) is 7.67. The van der Waals surface area contributed by atoms with Crippen molar-refractivity contribution in [2.24, 2.45) is 0 Å². The number of Topliss-reactive ketones (excluding diaryl/α,β-unsaturated/α-hetero) is 1. The number of carbonyl (C=O) groups excluding carboxylic acids is 1. The Kier molecular flexibility index (Phi) is 3.23. The van der Waals surface area contributed by atoms with E-state index in [0.717, 1.165) is 21.8 Å². The summed E-state index contributed by atoms with van der Waals surface area (Å²) in [5.74, 6) is -0.00403. The fourth-order valence-electron chi connectivity index (χ4n) is 1.19. The van der Waals surface area contributed by atoms with Crippen LogP contribution in [0.25, 0.3) is 0 Å². The van der Waals surface area contributed by atoms with E-state index in [9.17, 15) is 4.79 Å². The molecule has 5 heteroatoms. The lowest BCUT2D eigenvalue weighted by Crippen LogP contribution is -2.04. The molecule has 76 valence electrons. The quantitative estimate of drug-likeness (QED) is 0.813. The van der Waals surface area contributed by atoms with Crippen molar-refractivity contribution >= 4 is 33.4 Å². The number of ketones is 1. The average molecular weight is 283 g/mol. The Morgan fingerprint density at radius 1 is 1.40 bits per heavy atom. The smallest absolute Gasteiger partial charge is 0.188 e. The van der Waals surface area contributed by atoms with Gasteiger partial charge in [0.05, 0.1) is 17.9 Å². The van der Waals surface area contributed by atoms with Gasteiger partial charge in [-0.3, -0.25) is 4.79 Å². The van der Waals surface area contributed by atoms with Gasteiger partial charge in [0.25, 0.3) is 0 Å². The number of hydrogen-bond acceptors (Lipinski definition) is 4. The van der Waals surface area contributed by atoms with Crippen molar-refractivity contribution < 1.29 is 4.79 Å². The molecule has 0 fully saturated rings. The van der Waals surface area contributed by atoms with Gasteiger partial charge in [-0.2, -0.15) is 8.75 Å². The van der Waals surface area contributed by atoms with Crippen LogP contribution in [0.15, 0.2) is 34.9 Å². The molecule has 0 radical (unpaired) electrons. The predicted molar refractivity (Wildman–Crippen MR) is 62.1 cm³/mol. The highest BCUT2D eigenvalue weighted by Crippen LogP contribution is 2.17. The monoisotopic (exact) mass is 282 g/mol. The van der Waals surface area contributed by atoms with Gasteiger partial charge < -0.3 is 0 Å². The molecular formula is C10H7BrN2OS. The minimum atomic E-state index is -0.00403. The predicted octanol–water partition coefficient (Wildman–Crippen LogP) is 2.73. The fraction of sp³-hybridized carbons (Fsp3) is 0.100. The van der Waals surface area contributed by atoms with Gasteiger partial charge in [0, 0.05) is 10.9 Å². The highest BCUT2D eigenvalue weighted by Gasteiger charge is 2.11. The van der Waals surface area contributed by atoms with Crippen molar-refractivity contribution in [2.45, 2.75) is 6.42 Å². The Hall–Kier alpha value is -1.07. The molecule has 1 aromatic carbocycles. The van der Waals surface area contributed by atoms with Gasteiger partial charge in [-0.15, -0.1) is 0 Å². The minimum Gasteiger partial charge on any atom is -0.292 e. The van der Waals surface area contributed by atoms with Crippen LogP contribution in [0.3, 0.4) is 0 Å². The molecular weight excluding hydrogens is 276 g/mol. The molecule has 0 N–H and O–H groups in total. The zero-order chi connectivity index (χ0) is 10.7. The van der Waals surface area contributed by atoms with Gasteiger partial charge >= 0.3 is 0 Å². The minimum absolute atomic E-state index is 0.00403. The molecule has 0 bridgehead atoms. The topological polar surface area (TPSA) is 42.9 Å². The van der Waals surface area contributed by atoms with Crippen LogP contribution in [0, 0.1) is 0 Å². The molecule has 0 unspecified atom stereocenters. The third-order valence-electron chi connectivity index (χ3n) is 1.96. The number of rotatable bonds is 3. The molecule has 15 heavy (non-hydrogen) atoms. The molecule has 2 aromatic rings. The van der Waals surface area contributed by atoms with E-state index < -0.39 is 0 Å². The summed E-state index contributed by atoms with van der Waals surface area (Å²) in [5.41, 5.74) is 1.41. The molecule has 0 aliphatic rings. The van der Waals surface area contributed by atoms with E-state index in [1.54, 1.807) is 0 Å². The molecule has 1 heterocycles. The highest BCUT2D eigenvalue weighted by molar-refractivity contribution is 9.10. The van der Waals surface area contributed by atoms with Crippen molar-refractivity contribution in [2.75, 3.05) is 0 Å². The number of hydrogen-bond donors (Lipinski definition) is 0. The lowest BCUT2D eigenvalue weighted by Gasteiger charge is -2.00. The molecule has 3 nitrogen and oxygen atoms in total. The average Bonchev–Trinajstić information content (AvgIpc) is 2.74. The Bertz CT molecular complexity index is 470. The van der Waals surface area contributed by atoms with E-state index >= 15 is 0 Å². The van der Waals surface area contributed by atoms with Crippen LogP contribution in [0.2, 0.25) is 0 Å². The summed E-state index contributed by atoms with van der Waals surface area (Å²) in [7, 11) is 0. The number of benzene rings is 1. The Morgan fingerprint density at radius 3 is 2.87 bits per heavy atom. The first-order valence-corrected chi connectivity index (χ1v) is 5.84. The maximum absolute atomic E-state index is 11.7. The summed E-state index contributed by atoms with van der Waals surface area (Å²) in [6.45, 7) is 0. The second kappa shape index (κ2) is 4.63. The third-order valence-corrected chi connectivity index (χ3v) is 3.21. The Morgan fingerprint density at radius 2 is 2.20 bits per heavy atom. The van der Waals surface area contributed by atoms with E-state index in [1.165, 1.54) is 6.20 Å². The van der Waals surface area contributed by atoms with Crippen LogP contribution in [-0.2, 0) is 6.42 Å². The van der Waals surface area contributed by atoms with Gasteiger partial charge in [-0.1, -0.05) is 34.1 Å². The molecule has 0 amide bonds. The molecule has 0 aliphatic heterocycles. The molecule has 0 spiro atoms. The van der Waals surface area contributed by atoms with Crippen LogP contribution in [0.1, 0.15) is 16.1 Å². The molecule has 2 rings (SSSR count). The number of nitrogens with zero attached hydrogens (tertiary/aromatic N) is 2. The van der Waals surface area contributed by atoms with E-state index in [1.807, 2.05) is 24.3 Å². The Labute approximate surface area is 99.6 Å². The summed E-state index contributed by atoms with van der Waals surface area (Å²) < 4.78 is 8.66. The first kappa shape index (κ1) is 10.4. The van der Waals surface area contributed by atoms with Crippen LogP contribution < -0.4 is 0 Å². The fourth-order valence-corrected chi connectivity index (χ4v) is 2.05. The van der Waals surface area contributed by atoms with E-state index in [-0.39, 0.29) is 5.78 Å². The summed E-state index contributed by atoms with van der Waals surface area (Å²) >= 11 is 4.45. The maximum Gasteiger partial charge on any atom is 0.188 e. The van der Waals surface area contributed by atoms with Crippen molar-refractivity contribution in [3.63, 3.8) is 0 Å². The SMILES string of the molecule is O=C(Cc1ccccc1Br)c1cnsn1. The molecule has 0 saturated heterocycles. The van der Waals surface area contributed by atoms with Gasteiger partial charge in [0.15, 0.2) is 5.78 Å². The van der Waals surface area contributed by atoms with Crippen LogP contribution >= 0.6 is 27.7 Å². The van der Waals surface area contributed by atoms with Gasteiger partial charge in [0.1, 0.15) is 5.69 Å². The number of carbonyl (C=O) groups is 1. The maximum atomic E-state index is 11.7. The van der Waals surface area contributed by atoms with Gasteiger partial charge in [-0.05, 0) is 11.6 Å². The summed E-state index contributed by atoms with van der Waals surface area (Å²) in [6.07, 6.45) is 1.86. The number of aromatic nitrogens is 2. The zero-order valence-corrected chi connectivity index (χ0v) is 10.1. The van der Waals surface area contributed by atoms with Crippen molar-refractivity contribution in [3.8, 4) is 0 Å². The van der Waals surface area contributed by atoms with Crippen LogP contribution in [0.5, 0.6) is 0 Å².